The molecule has 2 heterocycles. The van der Waals surface area contributed by atoms with E-state index < -0.39 is 6.04 Å². The van der Waals surface area contributed by atoms with Gasteiger partial charge in [0.2, 0.25) is 5.91 Å². The number of rotatable bonds is 2. The average molecular weight is 264 g/mol. The van der Waals surface area contributed by atoms with Crippen molar-refractivity contribution in [3.05, 3.63) is 34.9 Å². The summed E-state index contributed by atoms with van der Waals surface area (Å²) in [6.45, 7) is 0.601. The third kappa shape index (κ3) is 1.71. The lowest BCUT2D eigenvalue weighted by Crippen LogP contribution is -2.31. The van der Waals surface area contributed by atoms with Crippen molar-refractivity contribution in [1.82, 2.24) is 4.90 Å². The molecule has 0 bridgehead atoms. The fraction of sp³-hybridized carbons (Fsp3) is 0.333. The Morgan fingerprint density at radius 2 is 1.94 bits per heavy atom. The van der Waals surface area contributed by atoms with Crippen LogP contribution in [0.5, 0.6) is 0 Å². The molecular formula is C12H10ClN3O2. The molecule has 0 radical (unpaired) electrons. The molecule has 1 aromatic rings. The lowest BCUT2D eigenvalue weighted by atomic mass is 10.1. The number of carbonyl (C=O) groups excluding carboxylic acids is 2. The number of benzene rings is 1. The highest BCUT2D eigenvalue weighted by atomic mass is 35.5. The molecule has 0 spiro atoms. The predicted octanol–water partition coefficient (Wildman–Crippen LogP) is 1.66. The second kappa shape index (κ2) is 4.17. The number of hydrogen-bond acceptors (Lipinski definition) is 4. The number of imide groups is 1. The molecule has 0 N–H and O–H groups in total. The normalized spacial score (nSPS) is 25.9. The van der Waals surface area contributed by atoms with Crippen molar-refractivity contribution in [2.75, 3.05) is 6.54 Å². The second-order valence-electron chi connectivity index (χ2n) is 4.38. The summed E-state index contributed by atoms with van der Waals surface area (Å²) >= 11 is 5.79. The van der Waals surface area contributed by atoms with E-state index in [9.17, 15) is 9.59 Å². The van der Waals surface area contributed by atoms with Crippen molar-refractivity contribution >= 4 is 23.4 Å². The summed E-state index contributed by atoms with van der Waals surface area (Å²) < 4.78 is 0. The zero-order chi connectivity index (χ0) is 12.7. The first-order valence-electron chi connectivity index (χ1n) is 5.63. The van der Waals surface area contributed by atoms with Gasteiger partial charge in [-0.15, -0.1) is 0 Å². The monoisotopic (exact) mass is 263 g/mol. The van der Waals surface area contributed by atoms with Crippen LogP contribution in [0.4, 0.5) is 0 Å². The van der Waals surface area contributed by atoms with Gasteiger partial charge in [0.15, 0.2) is 6.04 Å². The van der Waals surface area contributed by atoms with Crippen molar-refractivity contribution in [3.8, 4) is 0 Å². The van der Waals surface area contributed by atoms with E-state index in [4.69, 9.17) is 11.6 Å². The van der Waals surface area contributed by atoms with Gasteiger partial charge in [-0.1, -0.05) is 23.7 Å². The van der Waals surface area contributed by atoms with Crippen LogP contribution in [0.2, 0.25) is 5.02 Å². The molecule has 2 amide bonds. The highest BCUT2D eigenvalue weighted by Crippen LogP contribution is 2.29. The summed E-state index contributed by atoms with van der Waals surface area (Å²) in [6, 6.07) is 6.49. The van der Waals surface area contributed by atoms with Gasteiger partial charge < -0.3 is 0 Å². The van der Waals surface area contributed by atoms with Crippen LogP contribution in [0.25, 0.3) is 0 Å². The molecule has 2 aliphatic rings. The minimum absolute atomic E-state index is 0.176. The molecule has 0 aromatic heterocycles. The molecule has 1 aromatic carbocycles. The quantitative estimate of drug-likeness (QED) is 0.762. The minimum atomic E-state index is -0.593. The zero-order valence-electron chi connectivity index (χ0n) is 9.41. The van der Waals surface area contributed by atoms with Gasteiger partial charge in [0.05, 0.1) is 19.0 Å². The number of fused-ring (bicyclic) bond motifs is 1. The lowest BCUT2D eigenvalue weighted by molar-refractivity contribution is -0.140. The van der Waals surface area contributed by atoms with Gasteiger partial charge in [0, 0.05) is 5.02 Å². The van der Waals surface area contributed by atoms with E-state index in [1.165, 1.54) is 4.90 Å². The van der Waals surface area contributed by atoms with Crippen LogP contribution in [-0.2, 0) is 16.1 Å². The van der Waals surface area contributed by atoms with Gasteiger partial charge in [-0.25, -0.2) is 0 Å². The van der Waals surface area contributed by atoms with Crippen LogP contribution < -0.4 is 0 Å². The van der Waals surface area contributed by atoms with E-state index in [1.54, 1.807) is 24.3 Å². The van der Waals surface area contributed by atoms with Crippen LogP contribution in [0, 0.1) is 5.92 Å². The fourth-order valence-corrected chi connectivity index (χ4v) is 2.36. The summed E-state index contributed by atoms with van der Waals surface area (Å²) in [4.78, 5) is 25.3. The maximum absolute atomic E-state index is 12.0. The summed E-state index contributed by atoms with van der Waals surface area (Å²) in [5, 5.41) is 8.22. The van der Waals surface area contributed by atoms with Gasteiger partial charge in [-0.3, -0.25) is 14.5 Å². The molecular weight excluding hydrogens is 254 g/mol. The topological polar surface area (TPSA) is 62.1 Å². The van der Waals surface area contributed by atoms with Crippen molar-refractivity contribution in [3.63, 3.8) is 0 Å². The largest absolute Gasteiger partial charge is 0.276 e. The highest BCUT2D eigenvalue weighted by Gasteiger charge is 2.50. The molecule has 6 heteroatoms. The molecule has 1 fully saturated rings. The van der Waals surface area contributed by atoms with Crippen LogP contribution in [0.1, 0.15) is 5.56 Å². The van der Waals surface area contributed by atoms with Gasteiger partial charge in [-0.05, 0) is 17.7 Å². The Hall–Kier alpha value is -1.75. The number of likely N-dealkylation sites (tertiary alicyclic amines) is 1. The zero-order valence-corrected chi connectivity index (χ0v) is 10.2. The Morgan fingerprint density at radius 3 is 2.61 bits per heavy atom. The summed E-state index contributed by atoms with van der Waals surface area (Å²) in [5.74, 6) is -0.809. The summed E-state index contributed by atoms with van der Waals surface area (Å²) in [6.07, 6.45) is 0. The first kappa shape index (κ1) is 11.3. The van der Waals surface area contributed by atoms with Gasteiger partial charge in [0.1, 0.15) is 0 Å². The molecule has 2 aliphatic heterocycles. The molecule has 3 rings (SSSR count). The van der Waals surface area contributed by atoms with Gasteiger partial charge in [-0.2, -0.15) is 10.2 Å². The SMILES string of the molecule is O=C1[C@H]2CN=N[C@@H]2C(=O)N1Cc1ccc(Cl)cc1. The molecule has 0 unspecified atom stereocenters. The molecule has 5 nitrogen and oxygen atoms in total. The lowest BCUT2D eigenvalue weighted by Gasteiger charge is -2.14. The van der Waals surface area contributed by atoms with Crippen molar-refractivity contribution in [1.29, 1.82) is 0 Å². The minimum Gasteiger partial charge on any atom is -0.276 e. The van der Waals surface area contributed by atoms with Crippen LogP contribution in [-0.4, -0.2) is 29.3 Å². The molecule has 2 atom stereocenters. The smallest absolute Gasteiger partial charge is 0.257 e. The molecule has 1 saturated heterocycles. The van der Waals surface area contributed by atoms with Crippen LogP contribution >= 0.6 is 11.6 Å². The van der Waals surface area contributed by atoms with E-state index in [-0.39, 0.29) is 24.3 Å². The molecule has 0 aliphatic carbocycles. The highest BCUT2D eigenvalue weighted by molar-refractivity contribution is 6.30. The van der Waals surface area contributed by atoms with Crippen molar-refractivity contribution in [2.24, 2.45) is 16.1 Å². The van der Waals surface area contributed by atoms with E-state index in [1.807, 2.05) is 0 Å². The number of azo groups is 1. The predicted molar refractivity (Wildman–Crippen MR) is 64.0 cm³/mol. The van der Waals surface area contributed by atoms with Gasteiger partial charge >= 0.3 is 0 Å². The first-order valence-corrected chi connectivity index (χ1v) is 6.01. The third-order valence-corrected chi connectivity index (χ3v) is 3.47. The molecule has 92 valence electrons. The third-order valence-electron chi connectivity index (χ3n) is 3.22. The maximum Gasteiger partial charge on any atom is 0.257 e. The van der Waals surface area contributed by atoms with E-state index in [0.717, 1.165) is 5.56 Å². The Kier molecular flexibility index (Phi) is 2.63. The second-order valence-corrected chi connectivity index (χ2v) is 4.82. The summed E-state index contributed by atoms with van der Waals surface area (Å²) in [5.41, 5.74) is 0.873. The van der Waals surface area contributed by atoms with Crippen molar-refractivity contribution < 1.29 is 9.59 Å². The van der Waals surface area contributed by atoms with E-state index >= 15 is 0 Å². The first-order chi connectivity index (χ1) is 8.66. The molecule has 18 heavy (non-hydrogen) atoms. The number of amides is 2. The van der Waals surface area contributed by atoms with Crippen LogP contribution in [0.15, 0.2) is 34.5 Å². The average Bonchev–Trinajstić information content (AvgIpc) is 2.92. The number of carbonyl (C=O) groups is 2. The number of halogens is 1. The summed E-state index contributed by atoms with van der Waals surface area (Å²) in [7, 11) is 0. The van der Waals surface area contributed by atoms with Crippen molar-refractivity contribution in [2.45, 2.75) is 12.6 Å². The molecule has 0 saturated carbocycles. The Balaban J connectivity index is 1.81. The van der Waals surface area contributed by atoms with E-state index in [0.29, 0.717) is 11.6 Å². The fourth-order valence-electron chi connectivity index (χ4n) is 2.23. The number of nitrogens with zero attached hydrogens (tertiary/aromatic N) is 3. The Labute approximate surface area is 108 Å². The van der Waals surface area contributed by atoms with Crippen LogP contribution in [0.3, 0.4) is 0 Å². The van der Waals surface area contributed by atoms with Gasteiger partial charge in [0.25, 0.3) is 5.91 Å². The standard InChI is InChI=1S/C12H10ClN3O2/c13-8-3-1-7(2-4-8)6-16-11(17)9-5-14-15-10(9)12(16)18/h1-4,9-10H,5-6H2/t9-,10-/m0/s1. The Bertz CT molecular complexity index is 541. The van der Waals surface area contributed by atoms with E-state index in [2.05, 4.69) is 10.2 Å². The number of hydrogen-bond donors (Lipinski definition) is 0. The maximum atomic E-state index is 12.0. The Morgan fingerprint density at radius 1 is 1.22 bits per heavy atom.